The van der Waals surface area contributed by atoms with Crippen LogP contribution in [0.2, 0.25) is 5.02 Å². The molecular formula is C16H16ClN3O3. The maximum Gasteiger partial charge on any atom is 0.174 e. The highest BCUT2D eigenvalue weighted by molar-refractivity contribution is 6.32. The summed E-state index contributed by atoms with van der Waals surface area (Å²) in [5, 5.41) is 9.63. The number of nitrogens with zero attached hydrogens (tertiary/aromatic N) is 3. The molecule has 6 nitrogen and oxygen atoms in total. The molecule has 1 fully saturated rings. The Bertz CT molecular complexity index is 794. The van der Waals surface area contributed by atoms with Gasteiger partial charge in [-0.15, -0.1) is 0 Å². The van der Waals surface area contributed by atoms with Crippen LogP contribution in [0.15, 0.2) is 35.1 Å². The first-order valence-corrected chi connectivity index (χ1v) is 8.00. The molecule has 3 heterocycles. The predicted molar refractivity (Wildman–Crippen MR) is 84.4 cm³/mol. The van der Waals surface area contributed by atoms with Crippen LogP contribution in [0.25, 0.3) is 10.9 Å². The number of fused-ring (bicyclic) bond motifs is 1. The minimum atomic E-state index is -0.0236. The standard InChI is InChI=1S/C16H16ClN3O3/c17-13-7-11-9-18-20(16-3-1-2-6-21-16)14(11)8-15(13)22-10-12-4-5-19-23-12/h4-5,7-9,16H,1-3,6,10H2. The molecule has 0 spiro atoms. The topological polar surface area (TPSA) is 62.3 Å². The normalized spacial score (nSPS) is 18.4. The van der Waals surface area contributed by atoms with Gasteiger partial charge in [0.1, 0.15) is 12.4 Å². The van der Waals surface area contributed by atoms with Gasteiger partial charge in [-0.25, -0.2) is 4.68 Å². The average molecular weight is 334 g/mol. The number of hydrogen-bond donors (Lipinski definition) is 0. The predicted octanol–water partition coefficient (Wildman–Crippen LogP) is 3.96. The number of benzene rings is 1. The van der Waals surface area contributed by atoms with Crippen molar-refractivity contribution in [2.24, 2.45) is 0 Å². The van der Waals surface area contributed by atoms with Crippen molar-refractivity contribution >= 4 is 22.5 Å². The fourth-order valence-electron chi connectivity index (χ4n) is 2.77. The van der Waals surface area contributed by atoms with Crippen LogP contribution in [0.1, 0.15) is 31.3 Å². The van der Waals surface area contributed by atoms with Gasteiger partial charge in [0.2, 0.25) is 0 Å². The Balaban J connectivity index is 1.63. The fraction of sp³-hybridized carbons (Fsp3) is 0.375. The summed E-state index contributed by atoms with van der Waals surface area (Å²) in [6, 6.07) is 5.52. The number of ether oxygens (including phenoxy) is 2. The molecule has 0 amide bonds. The van der Waals surface area contributed by atoms with Gasteiger partial charge in [0, 0.05) is 24.1 Å². The van der Waals surface area contributed by atoms with Crippen LogP contribution in [-0.2, 0) is 11.3 Å². The molecule has 4 rings (SSSR count). The van der Waals surface area contributed by atoms with E-state index in [0.29, 0.717) is 16.5 Å². The molecule has 1 aromatic carbocycles. The third kappa shape index (κ3) is 2.92. The van der Waals surface area contributed by atoms with Crippen molar-refractivity contribution in [1.29, 1.82) is 0 Å². The van der Waals surface area contributed by atoms with Crippen molar-refractivity contribution in [3.8, 4) is 5.75 Å². The summed E-state index contributed by atoms with van der Waals surface area (Å²) in [5.74, 6) is 1.23. The molecule has 1 aliphatic rings. The zero-order valence-electron chi connectivity index (χ0n) is 12.4. The van der Waals surface area contributed by atoms with Crippen molar-refractivity contribution in [3.63, 3.8) is 0 Å². The molecular weight excluding hydrogens is 318 g/mol. The number of halogens is 1. The Labute approximate surface area is 137 Å². The summed E-state index contributed by atoms with van der Waals surface area (Å²) in [7, 11) is 0. The van der Waals surface area contributed by atoms with Crippen LogP contribution in [0.4, 0.5) is 0 Å². The first kappa shape index (κ1) is 14.5. The van der Waals surface area contributed by atoms with Gasteiger partial charge in [-0.3, -0.25) is 0 Å². The van der Waals surface area contributed by atoms with Crippen LogP contribution < -0.4 is 4.74 Å². The van der Waals surface area contributed by atoms with E-state index < -0.39 is 0 Å². The molecule has 0 radical (unpaired) electrons. The van der Waals surface area contributed by atoms with Crippen molar-refractivity contribution in [3.05, 3.63) is 41.4 Å². The largest absolute Gasteiger partial charge is 0.484 e. The zero-order chi connectivity index (χ0) is 15.6. The Morgan fingerprint density at radius 3 is 3.09 bits per heavy atom. The summed E-state index contributed by atoms with van der Waals surface area (Å²) in [6.07, 6.45) is 6.58. The van der Waals surface area contributed by atoms with E-state index in [1.807, 2.05) is 16.8 Å². The zero-order valence-corrected chi connectivity index (χ0v) is 13.2. The van der Waals surface area contributed by atoms with E-state index in [1.165, 1.54) is 0 Å². The smallest absolute Gasteiger partial charge is 0.174 e. The third-order valence-corrected chi connectivity index (χ3v) is 4.23. The van der Waals surface area contributed by atoms with E-state index in [1.54, 1.807) is 18.5 Å². The van der Waals surface area contributed by atoms with E-state index in [0.717, 1.165) is 36.8 Å². The van der Waals surface area contributed by atoms with Gasteiger partial charge in [-0.1, -0.05) is 16.8 Å². The van der Waals surface area contributed by atoms with Gasteiger partial charge in [0.25, 0.3) is 0 Å². The van der Waals surface area contributed by atoms with E-state index in [2.05, 4.69) is 10.3 Å². The van der Waals surface area contributed by atoms with Crippen molar-refractivity contribution < 1.29 is 14.0 Å². The Morgan fingerprint density at radius 2 is 2.30 bits per heavy atom. The van der Waals surface area contributed by atoms with E-state index in [-0.39, 0.29) is 12.8 Å². The number of aromatic nitrogens is 3. The minimum Gasteiger partial charge on any atom is -0.484 e. The van der Waals surface area contributed by atoms with Crippen LogP contribution in [0.3, 0.4) is 0 Å². The maximum absolute atomic E-state index is 6.30. The molecule has 3 aromatic rings. The molecule has 23 heavy (non-hydrogen) atoms. The summed E-state index contributed by atoms with van der Waals surface area (Å²) < 4.78 is 18.5. The molecule has 0 aliphatic carbocycles. The Kier molecular flexibility index (Phi) is 3.93. The second-order valence-corrected chi connectivity index (χ2v) is 5.93. The first-order valence-electron chi connectivity index (χ1n) is 7.62. The molecule has 1 atom stereocenters. The second kappa shape index (κ2) is 6.22. The SMILES string of the molecule is Clc1cc2cnn(C3CCCCO3)c2cc1OCc1ccno1. The molecule has 120 valence electrons. The molecule has 2 aromatic heterocycles. The summed E-state index contributed by atoms with van der Waals surface area (Å²) in [4.78, 5) is 0. The Morgan fingerprint density at radius 1 is 1.35 bits per heavy atom. The molecule has 0 saturated carbocycles. The van der Waals surface area contributed by atoms with Crippen molar-refractivity contribution in [1.82, 2.24) is 14.9 Å². The molecule has 7 heteroatoms. The minimum absolute atomic E-state index is 0.0236. The van der Waals surface area contributed by atoms with Gasteiger partial charge in [0.05, 0.1) is 22.9 Å². The quantitative estimate of drug-likeness (QED) is 0.723. The monoisotopic (exact) mass is 333 g/mol. The van der Waals surface area contributed by atoms with E-state index in [4.69, 9.17) is 25.6 Å². The van der Waals surface area contributed by atoms with Crippen molar-refractivity contribution in [2.45, 2.75) is 32.1 Å². The molecule has 1 unspecified atom stereocenters. The lowest BCUT2D eigenvalue weighted by atomic mass is 10.2. The van der Waals surface area contributed by atoms with E-state index >= 15 is 0 Å². The lowest BCUT2D eigenvalue weighted by Crippen LogP contribution is -2.18. The third-order valence-electron chi connectivity index (χ3n) is 3.94. The molecule has 1 aliphatic heterocycles. The first-order chi connectivity index (χ1) is 11.3. The highest BCUT2D eigenvalue weighted by Crippen LogP contribution is 2.33. The summed E-state index contributed by atoms with van der Waals surface area (Å²) in [6.45, 7) is 1.05. The van der Waals surface area contributed by atoms with Crippen LogP contribution in [-0.4, -0.2) is 21.5 Å². The summed E-state index contributed by atoms with van der Waals surface area (Å²) >= 11 is 6.30. The Hall–Kier alpha value is -2.05. The van der Waals surface area contributed by atoms with Gasteiger partial charge >= 0.3 is 0 Å². The van der Waals surface area contributed by atoms with Gasteiger partial charge in [0.15, 0.2) is 12.0 Å². The summed E-state index contributed by atoms with van der Waals surface area (Å²) in [5.41, 5.74) is 0.953. The van der Waals surface area contributed by atoms with Crippen molar-refractivity contribution in [2.75, 3.05) is 6.61 Å². The molecule has 0 bridgehead atoms. The van der Waals surface area contributed by atoms with Gasteiger partial charge < -0.3 is 14.0 Å². The van der Waals surface area contributed by atoms with Gasteiger partial charge in [-0.2, -0.15) is 5.10 Å². The maximum atomic E-state index is 6.30. The lowest BCUT2D eigenvalue weighted by molar-refractivity contribution is -0.0366. The van der Waals surface area contributed by atoms with E-state index in [9.17, 15) is 0 Å². The van der Waals surface area contributed by atoms with Crippen LogP contribution >= 0.6 is 11.6 Å². The second-order valence-electron chi connectivity index (χ2n) is 5.52. The van der Waals surface area contributed by atoms with Crippen LogP contribution in [0.5, 0.6) is 5.75 Å². The highest BCUT2D eigenvalue weighted by Gasteiger charge is 2.19. The molecule has 0 N–H and O–H groups in total. The fourth-order valence-corrected chi connectivity index (χ4v) is 3.00. The van der Waals surface area contributed by atoms with Gasteiger partial charge in [-0.05, 0) is 25.3 Å². The lowest BCUT2D eigenvalue weighted by Gasteiger charge is -2.23. The molecule has 1 saturated heterocycles. The highest BCUT2D eigenvalue weighted by atomic mass is 35.5. The van der Waals surface area contributed by atoms with Crippen LogP contribution in [0, 0.1) is 0 Å². The average Bonchev–Trinajstić information content (AvgIpc) is 3.22. The number of rotatable bonds is 4. The number of hydrogen-bond acceptors (Lipinski definition) is 5.